The molecule has 5 rings (SSSR count). The number of ether oxygens (including phenoxy) is 1. The van der Waals surface area contributed by atoms with Crippen molar-refractivity contribution in [2.45, 2.75) is 34.9 Å². The third-order valence-corrected chi connectivity index (χ3v) is 9.93. The van der Waals surface area contributed by atoms with E-state index in [2.05, 4.69) is 29.4 Å². The molecule has 4 heterocycles. The first-order valence-corrected chi connectivity index (χ1v) is 16.9. The quantitative estimate of drug-likeness (QED) is 0.195. The van der Waals surface area contributed by atoms with Crippen LogP contribution in [0.25, 0.3) is 0 Å². The van der Waals surface area contributed by atoms with E-state index in [1.54, 1.807) is 24.5 Å². The minimum Gasteiger partial charge on any atom is -0.453 e. The molecule has 1 aliphatic heterocycles. The molecule has 240 valence electrons. The first kappa shape index (κ1) is 33.0. The second-order valence-corrected chi connectivity index (χ2v) is 14.0. The Morgan fingerprint density at radius 1 is 1.11 bits per heavy atom. The van der Waals surface area contributed by atoms with Gasteiger partial charge in [0, 0.05) is 67.0 Å². The van der Waals surface area contributed by atoms with Gasteiger partial charge in [0.1, 0.15) is 16.6 Å². The van der Waals surface area contributed by atoms with Gasteiger partial charge in [-0.05, 0) is 63.3 Å². The molecule has 1 saturated heterocycles. The number of benzene rings is 1. The van der Waals surface area contributed by atoms with Gasteiger partial charge in [0.2, 0.25) is 5.13 Å². The van der Waals surface area contributed by atoms with E-state index in [0.29, 0.717) is 60.7 Å². The molecule has 11 nitrogen and oxygen atoms in total. The summed E-state index contributed by atoms with van der Waals surface area (Å²) in [6.45, 7) is 1.64. The van der Waals surface area contributed by atoms with Gasteiger partial charge in [-0.1, -0.05) is 17.8 Å². The molecule has 3 aromatic heterocycles. The van der Waals surface area contributed by atoms with Crippen molar-refractivity contribution in [3.63, 3.8) is 0 Å². The van der Waals surface area contributed by atoms with Crippen molar-refractivity contribution >= 4 is 44.5 Å². The van der Waals surface area contributed by atoms with E-state index in [9.17, 15) is 21.6 Å². The van der Waals surface area contributed by atoms with Crippen molar-refractivity contribution in [1.82, 2.24) is 33.3 Å². The number of piperidine rings is 1. The number of pyridine rings is 2. The van der Waals surface area contributed by atoms with Crippen LogP contribution in [-0.4, -0.2) is 77.2 Å². The second-order valence-electron chi connectivity index (χ2n) is 10.4. The molecule has 0 bridgehead atoms. The van der Waals surface area contributed by atoms with Gasteiger partial charge < -0.3 is 15.0 Å². The monoisotopic (exact) mass is 680 g/mol. The smallest absolute Gasteiger partial charge is 0.416 e. The van der Waals surface area contributed by atoms with Gasteiger partial charge in [0.05, 0.1) is 5.56 Å². The molecule has 45 heavy (non-hydrogen) atoms. The van der Waals surface area contributed by atoms with Crippen molar-refractivity contribution in [1.29, 1.82) is 0 Å². The Morgan fingerprint density at radius 3 is 2.53 bits per heavy atom. The van der Waals surface area contributed by atoms with Gasteiger partial charge in [0.25, 0.3) is 10.2 Å². The van der Waals surface area contributed by atoms with Crippen molar-refractivity contribution in [3.05, 3.63) is 72.3 Å². The Labute approximate surface area is 267 Å². The molecule has 0 saturated carbocycles. The van der Waals surface area contributed by atoms with E-state index in [4.69, 9.17) is 4.74 Å². The predicted octanol–water partition coefficient (Wildman–Crippen LogP) is 5.61. The number of hydrogen-bond acceptors (Lipinski definition) is 11. The molecule has 0 atom stereocenters. The van der Waals surface area contributed by atoms with E-state index in [1.807, 2.05) is 31.1 Å². The number of anilines is 2. The number of halogens is 3. The van der Waals surface area contributed by atoms with Gasteiger partial charge in [-0.3, -0.25) is 0 Å². The third kappa shape index (κ3) is 9.11. The van der Waals surface area contributed by atoms with Crippen molar-refractivity contribution < 1.29 is 26.3 Å². The maximum atomic E-state index is 13.1. The Morgan fingerprint density at radius 2 is 1.87 bits per heavy atom. The Bertz CT molecular complexity index is 1670. The zero-order valence-electron chi connectivity index (χ0n) is 24.4. The maximum absolute atomic E-state index is 13.1. The molecule has 0 radical (unpaired) electrons. The first-order valence-electron chi connectivity index (χ1n) is 13.9. The summed E-state index contributed by atoms with van der Waals surface area (Å²) in [7, 11) is 0.198. The SMILES string of the molecule is CN(C)CCNS(=O)(=O)N1CCC(c2nsc(Nc3ncc(Sc4ccccn4)cc3Oc3ccc(C(F)(F)F)cc3)n2)CC1. The molecular formula is C28H31F3N8O3S3. The lowest BCUT2D eigenvalue weighted by Crippen LogP contribution is -2.46. The van der Waals surface area contributed by atoms with Crippen LogP contribution in [0.3, 0.4) is 0 Å². The molecule has 0 aliphatic carbocycles. The lowest BCUT2D eigenvalue weighted by Gasteiger charge is -2.30. The number of nitrogens with zero attached hydrogens (tertiary/aromatic N) is 6. The second kappa shape index (κ2) is 14.4. The van der Waals surface area contributed by atoms with Gasteiger partial charge in [-0.2, -0.15) is 30.3 Å². The van der Waals surface area contributed by atoms with Gasteiger partial charge in [0.15, 0.2) is 11.6 Å². The van der Waals surface area contributed by atoms with Crippen LogP contribution in [0.2, 0.25) is 0 Å². The van der Waals surface area contributed by atoms with Crippen LogP contribution in [0.4, 0.5) is 24.1 Å². The molecule has 4 aromatic rings. The molecule has 1 aliphatic rings. The summed E-state index contributed by atoms with van der Waals surface area (Å²) in [6.07, 6.45) is -0.0127. The Kier molecular flexibility index (Phi) is 10.6. The van der Waals surface area contributed by atoms with E-state index < -0.39 is 21.9 Å². The average Bonchev–Trinajstić information content (AvgIpc) is 3.47. The van der Waals surface area contributed by atoms with Crippen LogP contribution in [0.15, 0.2) is 70.8 Å². The molecular weight excluding hydrogens is 650 g/mol. The van der Waals surface area contributed by atoms with E-state index in [-0.39, 0.29) is 17.4 Å². The molecule has 0 amide bonds. The molecule has 2 N–H and O–H groups in total. The summed E-state index contributed by atoms with van der Waals surface area (Å²) in [6, 6.07) is 11.6. The van der Waals surface area contributed by atoms with Crippen LogP contribution in [0, 0.1) is 0 Å². The summed E-state index contributed by atoms with van der Waals surface area (Å²) < 4.78 is 79.1. The van der Waals surface area contributed by atoms with Gasteiger partial charge >= 0.3 is 6.18 Å². The summed E-state index contributed by atoms with van der Waals surface area (Å²) in [4.78, 5) is 16.1. The highest BCUT2D eigenvalue weighted by Crippen LogP contribution is 2.38. The molecule has 1 fully saturated rings. The minimum absolute atomic E-state index is 0.0157. The van der Waals surface area contributed by atoms with Crippen LogP contribution in [0.5, 0.6) is 11.5 Å². The van der Waals surface area contributed by atoms with Crippen molar-refractivity contribution in [3.8, 4) is 11.5 Å². The van der Waals surface area contributed by atoms with Crippen LogP contribution in [0.1, 0.15) is 30.1 Å². The highest BCUT2D eigenvalue weighted by Gasteiger charge is 2.31. The molecule has 0 spiro atoms. The highest BCUT2D eigenvalue weighted by atomic mass is 32.2. The average molecular weight is 681 g/mol. The fourth-order valence-corrected chi connectivity index (χ4v) is 7.06. The Balaban J connectivity index is 1.28. The lowest BCUT2D eigenvalue weighted by atomic mass is 9.98. The summed E-state index contributed by atoms with van der Waals surface area (Å²) >= 11 is 2.48. The fraction of sp³-hybridized carbons (Fsp3) is 0.357. The lowest BCUT2D eigenvalue weighted by molar-refractivity contribution is -0.137. The maximum Gasteiger partial charge on any atom is 0.416 e. The van der Waals surface area contributed by atoms with E-state index >= 15 is 0 Å². The van der Waals surface area contributed by atoms with Gasteiger partial charge in [-0.15, -0.1) is 0 Å². The van der Waals surface area contributed by atoms with Gasteiger partial charge in [-0.25, -0.2) is 19.7 Å². The fourth-order valence-electron chi connectivity index (χ4n) is 4.42. The largest absolute Gasteiger partial charge is 0.453 e. The third-order valence-electron chi connectivity index (χ3n) is 6.77. The number of nitrogens with one attached hydrogen (secondary N) is 2. The molecule has 17 heteroatoms. The summed E-state index contributed by atoms with van der Waals surface area (Å²) in [5.41, 5.74) is -0.781. The van der Waals surface area contributed by atoms with Crippen molar-refractivity contribution in [2.75, 3.05) is 45.6 Å². The summed E-state index contributed by atoms with van der Waals surface area (Å²) in [5.74, 6) is 1.36. The van der Waals surface area contributed by atoms with Crippen LogP contribution >= 0.6 is 23.3 Å². The highest BCUT2D eigenvalue weighted by molar-refractivity contribution is 7.99. The topological polar surface area (TPSA) is 125 Å². The molecule has 0 unspecified atom stereocenters. The zero-order valence-corrected chi connectivity index (χ0v) is 26.8. The van der Waals surface area contributed by atoms with Crippen molar-refractivity contribution in [2.24, 2.45) is 0 Å². The number of hydrogen-bond donors (Lipinski definition) is 2. The number of likely N-dealkylation sites (N-methyl/N-ethyl adjacent to an activating group) is 1. The minimum atomic E-state index is -4.46. The normalized spacial score (nSPS) is 15.0. The Hall–Kier alpha value is -3.35. The number of alkyl halides is 3. The first-order chi connectivity index (χ1) is 21.5. The van der Waals surface area contributed by atoms with Crippen LogP contribution in [-0.2, 0) is 16.4 Å². The number of rotatable bonds is 12. The zero-order chi connectivity index (χ0) is 32.0. The summed E-state index contributed by atoms with van der Waals surface area (Å²) in [5, 5.41) is 4.31. The predicted molar refractivity (Wildman–Crippen MR) is 166 cm³/mol. The van der Waals surface area contributed by atoms with E-state index in [0.717, 1.165) is 28.7 Å². The molecule has 1 aromatic carbocycles. The van der Waals surface area contributed by atoms with E-state index in [1.165, 1.54) is 28.2 Å². The van der Waals surface area contributed by atoms with Crippen LogP contribution < -0.4 is 14.8 Å². The standard InChI is InChI=1S/C28H31F3N8O3S3/c1-38(2)16-13-34-45(40,41)39-14-10-19(11-15-39)25-35-27(44-37-25)36-26-23(42-21-8-6-20(7-9-21)28(29,30)31)17-22(18-33-26)43-24-5-3-4-12-32-24/h3-9,12,17-19,34H,10-11,13-16H2,1-2H3,(H,33,35,36,37). The number of aromatic nitrogens is 4.